The number of nitrogens with zero attached hydrogens (tertiary/aromatic N) is 3. The number of ether oxygens (including phenoxy) is 1. The molecule has 0 fully saturated rings. The number of aliphatic imine (C=N–C) groups is 1. The molecule has 0 aromatic heterocycles. The maximum absolute atomic E-state index is 11.9. The van der Waals surface area contributed by atoms with Crippen LogP contribution in [0.3, 0.4) is 0 Å². The summed E-state index contributed by atoms with van der Waals surface area (Å²) in [6.07, 6.45) is 4.32. The molecule has 0 unspecified atom stereocenters. The van der Waals surface area contributed by atoms with Gasteiger partial charge in [-0.3, -0.25) is 20.2 Å². The lowest BCUT2D eigenvalue weighted by molar-refractivity contribution is -0.385. The minimum absolute atomic E-state index is 0.0122. The Bertz CT molecular complexity index is 1020. The van der Waals surface area contributed by atoms with E-state index in [0.29, 0.717) is 11.1 Å². The highest BCUT2D eigenvalue weighted by molar-refractivity contribution is 6.11. The quantitative estimate of drug-likeness (QED) is 0.346. The lowest BCUT2D eigenvalue weighted by Crippen LogP contribution is -2.05. The number of rotatable bonds is 5. The van der Waals surface area contributed by atoms with E-state index in [9.17, 15) is 25.0 Å². The molecule has 1 heterocycles. The number of allylic oxidation sites excluding steroid dienone is 2. The summed E-state index contributed by atoms with van der Waals surface area (Å²) in [6.45, 7) is 0. The first-order valence-electron chi connectivity index (χ1n) is 7.63. The van der Waals surface area contributed by atoms with Gasteiger partial charge in [-0.2, -0.15) is 0 Å². The predicted octanol–water partition coefficient (Wildman–Crippen LogP) is 3.40. The average molecular weight is 365 g/mol. The number of carbonyl (C=O) groups excluding carboxylic acids is 1. The van der Waals surface area contributed by atoms with Crippen molar-refractivity contribution in [2.75, 3.05) is 0 Å². The van der Waals surface area contributed by atoms with Gasteiger partial charge in [0.1, 0.15) is 0 Å². The second-order valence-electron chi connectivity index (χ2n) is 5.34. The largest absolute Gasteiger partial charge is 0.402 e. The lowest BCUT2D eigenvalue weighted by atomic mass is 10.1. The molecule has 2 aromatic rings. The summed E-state index contributed by atoms with van der Waals surface area (Å²) in [7, 11) is 0. The molecular weight excluding hydrogens is 354 g/mol. The maximum Gasteiger partial charge on any atom is 0.363 e. The molecule has 134 valence electrons. The van der Waals surface area contributed by atoms with E-state index >= 15 is 0 Å². The van der Waals surface area contributed by atoms with E-state index in [1.165, 1.54) is 48.6 Å². The number of carbonyl (C=O) groups is 1. The van der Waals surface area contributed by atoms with Crippen LogP contribution in [0.4, 0.5) is 11.4 Å². The summed E-state index contributed by atoms with van der Waals surface area (Å²) in [5, 5.41) is 21.6. The molecule has 0 bridgehead atoms. The minimum Gasteiger partial charge on any atom is -0.402 e. The second kappa shape index (κ2) is 7.40. The highest BCUT2D eigenvalue weighted by Gasteiger charge is 2.24. The maximum atomic E-state index is 11.9. The van der Waals surface area contributed by atoms with E-state index in [0.717, 1.165) is 0 Å². The van der Waals surface area contributed by atoms with Gasteiger partial charge < -0.3 is 4.74 Å². The zero-order chi connectivity index (χ0) is 19.4. The first-order valence-corrected chi connectivity index (χ1v) is 7.63. The minimum atomic E-state index is -0.685. The van der Waals surface area contributed by atoms with Crippen molar-refractivity contribution in [3.8, 4) is 0 Å². The molecule has 2 aromatic carbocycles. The fourth-order valence-corrected chi connectivity index (χ4v) is 2.31. The van der Waals surface area contributed by atoms with Crippen LogP contribution in [-0.2, 0) is 9.53 Å². The zero-order valence-electron chi connectivity index (χ0n) is 13.6. The topological polar surface area (TPSA) is 125 Å². The van der Waals surface area contributed by atoms with Gasteiger partial charge in [-0.1, -0.05) is 18.2 Å². The number of cyclic esters (lactones) is 1. The summed E-state index contributed by atoms with van der Waals surface area (Å²) in [4.78, 5) is 36.6. The van der Waals surface area contributed by atoms with E-state index in [1.54, 1.807) is 18.2 Å². The number of non-ortho nitro benzene ring substituents is 1. The Morgan fingerprint density at radius 2 is 1.67 bits per heavy atom. The third kappa shape index (κ3) is 3.93. The summed E-state index contributed by atoms with van der Waals surface area (Å²) in [5.41, 5.74) is 0.659. The highest BCUT2D eigenvalue weighted by atomic mass is 16.6. The van der Waals surface area contributed by atoms with Gasteiger partial charge >= 0.3 is 5.97 Å². The normalized spacial score (nSPS) is 15.0. The van der Waals surface area contributed by atoms with Crippen LogP contribution in [0.2, 0.25) is 0 Å². The number of esters is 1. The van der Waals surface area contributed by atoms with Crippen LogP contribution in [0.1, 0.15) is 11.1 Å². The monoisotopic (exact) mass is 365 g/mol. The SMILES string of the molecule is O=C1OC(c2ccc([N+](=O)[O-])cc2)=N/C1=C\C=C\c1ccccc1[N+](=O)[O-]. The molecule has 0 spiro atoms. The molecule has 27 heavy (non-hydrogen) atoms. The van der Waals surface area contributed by atoms with Crippen molar-refractivity contribution in [2.45, 2.75) is 0 Å². The number of hydrogen-bond acceptors (Lipinski definition) is 7. The number of nitro benzene ring substituents is 2. The summed E-state index contributed by atoms with van der Waals surface area (Å²) in [6, 6.07) is 11.6. The Hall–Kier alpha value is -4.14. The van der Waals surface area contributed by atoms with Gasteiger partial charge in [0, 0.05) is 23.8 Å². The summed E-state index contributed by atoms with van der Waals surface area (Å²) < 4.78 is 5.06. The molecule has 0 N–H and O–H groups in total. The van der Waals surface area contributed by atoms with Crippen molar-refractivity contribution in [2.24, 2.45) is 4.99 Å². The molecule has 0 radical (unpaired) electrons. The van der Waals surface area contributed by atoms with Gasteiger partial charge in [-0.05, 0) is 30.4 Å². The summed E-state index contributed by atoms with van der Waals surface area (Å²) >= 11 is 0. The van der Waals surface area contributed by atoms with Crippen molar-refractivity contribution in [1.82, 2.24) is 0 Å². The Morgan fingerprint density at radius 1 is 0.963 bits per heavy atom. The van der Waals surface area contributed by atoms with E-state index in [1.807, 2.05) is 0 Å². The standard InChI is InChI=1S/C18H11N3O6/c22-18-15(6-3-5-12-4-1-2-7-16(12)21(25)26)19-17(27-18)13-8-10-14(11-9-13)20(23)24/h1-11H/b5-3+,15-6-. The molecule has 3 rings (SSSR count). The third-order valence-electron chi connectivity index (χ3n) is 3.61. The predicted molar refractivity (Wildman–Crippen MR) is 95.9 cm³/mol. The Morgan fingerprint density at radius 3 is 2.33 bits per heavy atom. The molecule has 1 aliphatic heterocycles. The lowest BCUT2D eigenvalue weighted by Gasteiger charge is -1.98. The van der Waals surface area contributed by atoms with Crippen molar-refractivity contribution in [1.29, 1.82) is 0 Å². The van der Waals surface area contributed by atoms with Gasteiger partial charge in [0.2, 0.25) is 5.90 Å². The molecule has 0 amide bonds. The van der Waals surface area contributed by atoms with Crippen molar-refractivity contribution in [3.63, 3.8) is 0 Å². The molecular formula is C18H11N3O6. The van der Waals surface area contributed by atoms with Gasteiger partial charge in [0.05, 0.1) is 15.4 Å². The van der Waals surface area contributed by atoms with Crippen LogP contribution < -0.4 is 0 Å². The molecule has 9 nitrogen and oxygen atoms in total. The number of nitro groups is 2. The van der Waals surface area contributed by atoms with Crippen LogP contribution >= 0.6 is 0 Å². The van der Waals surface area contributed by atoms with E-state index < -0.39 is 15.8 Å². The van der Waals surface area contributed by atoms with Gasteiger partial charge in [0.25, 0.3) is 11.4 Å². The van der Waals surface area contributed by atoms with E-state index in [-0.39, 0.29) is 23.0 Å². The first-order chi connectivity index (χ1) is 13.0. The van der Waals surface area contributed by atoms with E-state index in [2.05, 4.69) is 4.99 Å². The van der Waals surface area contributed by atoms with Crippen LogP contribution in [0.5, 0.6) is 0 Å². The van der Waals surface area contributed by atoms with Crippen LogP contribution in [0, 0.1) is 20.2 Å². The Labute approximate surface area is 152 Å². The van der Waals surface area contributed by atoms with Gasteiger partial charge in [0.15, 0.2) is 5.70 Å². The van der Waals surface area contributed by atoms with Crippen LogP contribution in [0.15, 0.2) is 71.4 Å². The Kier molecular flexibility index (Phi) is 4.84. The van der Waals surface area contributed by atoms with Crippen molar-refractivity contribution >= 4 is 29.3 Å². The highest BCUT2D eigenvalue weighted by Crippen LogP contribution is 2.21. The fourth-order valence-electron chi connectivity index (χ4n) is 2.31. The second-order valence-corrected chi connectivity index (χ2v) is 5.34. The number of para-hydroxylation sites is 1. The molecule has 0 aliphatic carbocycles. The van der Waals surface area contributed by atoms with Gasteiger partial charge in [-0.25, -0.2) is 9.79 Å². The summed E-state index contributed by atoms with van der Waals surface area (Å²) in [5.74, 6) is -0.657. The molecule has 0 saturated carbocycles. The number of hydrogen-bond donors (Lipinski definition) is 0. The molecule has 0 saturated heterocycles. The molecule has 0 atom stereocenters. The number of benzene rings is 2. The first kappa shape index (κ1) is 17.7. The average Bonchev–Trinajstić information content (AvgIpc) is 3.03. The fraction of sp³-hybridized carbons (Fsp3) is 0. The van der Waals surface area contributed by atoms with Crippen molar-refractivity contribution < 1.29 is 19.4 Å². The van der Waals surface area contributed by atoms with E-state index in [4.69, 9.17) is 4.74 Å². The molecule has 1 aliphatic rings. The Balaban J connectivity index is 1.82. The third-order valence-corrected chi connectivity index (χ3v) is 3.61. The van der Waals surface area contributed by atoms with Crippen molar-refractivity contribution in [3.05, 3.63) is 97.7 Å². The zero-order valence-corrected chi connectivity index (χ0v) is 13.6. The van der Waals surface area contributed by atoms with Crippen LogP contribution in [0.25, 0.3) is 6.08 Å². The van der Waals surface area contributed by atoms with Gasteiger partial charge in [-0.15, -0.1) is 0 Å². The van der Waals surface area contributed by atoms with Crippen LogP contribution in [-0.4, -0.2) is 21.7 Å². The molecule has 9 heteroatoms. The smallest absolute Gasteiger partial charge is 0.363 e.